The van der Waals surface area contributed by atoms with Crippen molar-refractivity contribution in [2.24, 2.45) is 5.73 Å². The summed E-state index contributed by atoms with van der Waals surface area (Å²) in [6, 6.07) is 9.91. The molecular weight excluding hydrogens is 351 g/mol. The first-order chi connectivity index (χ1) is 8.99. The normalized spacial score (nSPS) is 10.3. The van der Waals surface area contributed by atoms with Gasteiger partial charge in [0, 0.05) is 10.2 Å². The van der Waals surface area contributed by atoms with Crippen LogP contribution in [-0.4, -0.2) is 4.99 Å². The van der Waals surface area contributed by atoms with Crippen LogP contribution in [0.1, 0.15) is 5.56 Å². The molecule has 98 valence electrons. The van der Waals surface area contributed by atoms with Crippen molar-refractivity contribution in [3.63, 3.8) is 0 Å². The Hall–Kier alpha value is -1.17. The first-order valence-corrected chi connectivity index (χ1v) is 6.87. The lowest BCUT2D eigenvalue weighted by molar-refractivity contribution is 0.626. The number of benzene rings is 2. The lowest BCUT2D eigenvalue weighted by Crippen LogP contribution is -2.14. The molecule has 0 heterocycles. The van der Waals surface area contributed by atoms with Gasteiger partial charge < -0.3 is 11.1 Å². The second kappa shape index (κ2) is 5.86. The van der Waals surface area contributed by atoms with E-state index >= 15 is 0 Å². The average molecular weight is 360 g/mol. The quantitative estimate of drug-likeness (QED) is 0.785. The Morgan fingerprint density at radius 1 is 1.32 bits per heavy atom. The van der Waals surface area contributed by atoms with Gasteiger partial charge in [-0.3, -0.25) is 0 Å². The van der Waals surface area contributed by atoms with Gasteiger partial charge in [-0.2, -0.15) is 0 Å². The van der Waals surface area contributed by atoms with Gasteiger partial charge in [-0.15, -0.1) is 0 Å². The molecule has 19 heavy (non-hydrogen) atoms. The number of hydrogen-bond acceptors (Lipinski definition) is 2. The molecule has 0 spiro atoms. The largest absolute Gasteiger partial charge is 0.389 e. The SMILES string of the molecule is NC(=S)c1c(F)cccc1Nc1ccc(Cl)c(Br)c1. The molecule has 0 fully saturated rings. The van der Waals surface area contributed by atoms with Gasteiger partial charge in [-0.05, 0) is 46.3 Å². The van der Waals surface area contributed by atoms with E-state index in [1.54, 1.807) is 30.3 Å². The van der Waals surface area contributed by atoms with Gasteiger partial charge in [0.1, 0.15) is 10.8 Å². The molecule has 2 nitrogen and oxygen atoms in total. The highest BCUT2D eigenvalue weighted by Crippen LogP contribution is 2.29. The van der Waals surface area contributed by atoms with Crippen LogP contribution in [0.2, 0.25) is 5.02 Å². The third-order valence-corrected chi connectivity index (χ3v) is 3.88. The summed E-state index contributed by atoms with van der Waals surface area (Å²) >= 11 is 14.1. The summed E-state index contributed by atoms with van der Waals surface area (Å²) in [4.78, 5) is 0.00799. The Morgan fingerprint density at radius 2 is 2.05 bits per heavy atom. The minimum absolute atomic E-state index is 0.00799. The first kappa shape index (κ1) is 14.2. The van der Waals surface area contributed by atoms with E-state index in [1.807, 2.05) is 0 Å². The summed E-state index contributed by atoms with van der Waals surface area (Å²) < 4.78 is 14.5. The molecule has 2 rings (SSSR count). The van der Waals surface area contributed by atoms with E-state index in [2.05, 4.69) is 21.2 Å². The van der Waals surface area contributed by atoms with E-state index in [9.17, 15) is 4.39 Å². The van der Waals surface area contributed by atoms with Crippen molar-refractivity contribution >= 4 is 56.1 Å². The topological polar surface area (TPSA) is 38.0 Å². The van der Waals surface area contributed by atoms with E-state index in [0.29, 0.717) is 10.7 Å². The molecule has 0 aliphatic carbocycles. The Kier molecular flexibility index (Phi) is 4.39. The van der Waals surface area contributed by atoms with Crippen molar-refractivity contribution in [2.75, 3.05) is 5.32 Å². The van der Waals surface area contributed by atoms with Gasteiger partial charge in [0.05, 0.1) is 16.3 Å². The zero-order chi connectivity index (χ0) is 14.0. The van der Waals surface area contributed by atoms with Crippen LogP contribution in [0.4, 0.5) is 15.8 Å². The second-order valence-corrected chi connectivity index (χ2v) is 5.48. The van der Waals surface area contributed by atoms with Crippen molar-refractivity contribution in [3.8, 4) is 0 Å². The highest BCUT2D eigenvalue weighted by atomic mass is 79.9. The van der Waals surface area contributed by atoms with Gasteiger partial charge in [0.15, 0.2) is 0 Å². The molecule has 0 aliphatic rings. The molecule has 0 bridgehead atoms. The minimum Gasteiger partial charge on any atom is -0.389 e. The number of nitrogens with one attached hydrogen (secondary N) is 1. The number of nitrogens with two attached hydrogens (primary N) is 1. The predicted octanol–water partition coefficient (Wildman–Crippen LogP) is 4.62. The van der Waals surface area contributed by atoms with Gasteiger partial charge in [-0.25, -0.2) is 4.39 Å². The zero-order valence-electron chi connectivity index (χ0n) is 9.58. The average Bonchev–Trinajstić information content (AvgIpc) is 2.33. The van der Waals surface area contributed by atoms with E-state index in [-0.39, 0.29) is 10.6 Å². The lowest BCUT2D eigenvalue weighted by atomic mass is 10.1. The van der Waals surface area contributed by atoms with E-state index in [0.717, 1.165) is 10.2 Å². The Labute approximate surface area is 128 Å². The number of thiocarbonyl (C=S) groups is 1. The van der Waals surface area contributed by atoms with Crippen molar-refractivity contribution in [2.45, 2.75) is 0 Å². The fourth-order valence-electron chi connectivity index (χ4n) is 1.61. The van der Waals surface area contributed by atoms with E-state index in [4.69, 9.17) is 29.6 Å². The maximum atomic E-state index is 13.7. The monoisotopic (exact) mass is 358 g/mol. The van der Waals surface area contributed by atoms with Crippen LogP contribution in [0.5, 0.6) is 0 Å². The van der Waals surface area contributed by atoms with Crippen LogP contribution in [0.25, 0.3) is 0 Å². The van der Waals surface area contributed by atoms with E-state index in [1.165, 1.54) is 6.07 Å². The molecule has 2 aromatic carbocycles. The fourth-order valence-corrected chi connectivity index (χ4v) is 2.31. The minimum atomic E-state index is -0.453. The van der Waals surface area contributed by atoms with E-state index < -0.39 is 5.82 Å². The summed E-state index contributed by atoms with van der Waals surface area (Å²) in [5.41, 5.74) is 7.01. The first-order valence-electron chi connectivity index (χ1n) is 5.29. The van der Waals surface area contributed by atoms with Crippen molar-refractivity contribution < 1.29 is 4.39 Å². The van der Waals surface area contributed by atoms with Gasteiger partial charge in [-0.1, -0.05) is 29.9 Å². The summed E-state index contributed by atoms with van der Waals surface area (Å²) in [5.74, 6) is -0.453. The molecule has 3 N–H and O–H groups in total. The van der Waals surface area contributed by atoms with Gasteiger partial charge >= 0.3 is 0 Å². The zero-order valence-corrected chi connectivity index (χ0v) is 12.7. The van der Waals surface area contributed by atoms with Crippen LogP contribution in [0.15, 0.2) is 40.9 Å². The summed E-state index contributed by atoms with van der Waals surface area (Å²) in [7, 11) is 0. The lowest BCUT2D eigenvalue weighted by Gasteiger charge is -2.12. The standard InChI is InChI=1S/C13H9BrClFN2S/c14-8-6-7(4-5-9(8)15)18-11-3-1-2-10(16)12(11)13(17)19/h1-6,18H,(H2,17,19). The molecule has 0 amide bonds. The second-order valence-electron chi connectivity index (χ2n) is 3.78. The van der Waals surface area contributed by atoms with Crippen molar-refractivity contribution in [1.29, 1.82) is 0 Å². The molecular formula is C13H9BrClFN2S. The molecule has 2 aromatic rings. The van der Waals surface area contributed by atoms with Crippen LogP contribution >= 0.6 is 39.7 Å². The molecule has 0 aromatic heterocycles. The van der Waals surface area contributed by atoms with Gasteiger partial charge in [0.2, 0.25) is 0 Å². The molecule has 6 heteroatoms. The summed E-state index contributed by atoms with van der Waals surface area (Å²) in [6.45, 7) is 0. The molecule has 0 radical (unpaired) electrons. The third kappa shape index (κ3) is 3.23. The van der Waals surface area contributed by atoms with Crippen LogP contribution in [0.3, 0.4) is 0 Å². The Morgan fingerprint density at radius 3 is 2.68 bits per heavy atom. The van der Waals surface area contributed by atoms with Crippen molar-refractivity contribution in [1.82, 2.24) is 0 Å². The summed E-state index contributed by atoms with van der Waals surface area (Å²) in [6.07, 6.45) is 0. The molecule has 0 atom stereocenters. The third-order valence-electron chi connectivity index (χ3n) is 2.46. The van der Waals surface area contributed by atoms with Gasteiger partial charge in [0.25, 0.3) is 0 Å². The van der Waals surface area contributed by atoms with Crippen LogP contribution in [-0.2, 0) is 0 Å². The molecule has 0 saturated heterocycles. The smallest absolute Gasteiger partial charge is 0.135 e. The highest BCUT2D eigenvalue weighted by molar-refractivity contribution is 9.10. The molecule has 0 saturated carbocycles. The molecule has 0 unspecified atom stereocenters. The Bertz CT molecular complexity index is 649. The Balaban J connectivity index is 2.40. The number of anilines is 2. The summed E-state index contributed by atoms with van der Waals surface area (Å²) in [5, 5.41) is 3.66. The van der Waals surface area contributed by atoms with Crippen LogP contribution < -0.4 is 11.1 Å². The maximum absolute atomic E-state index is 13.7. The molecule has 0 aliphatic heterocycles. The van der Waals surface area contributed by atoms with Crippen LogP contribution in [0, 0.1) is 5.82 Å². The number of rotatable bonds is 3. The predicted molar refractivity (Wildman–Crippen MR) is 84.7 cm³/mol. The maximum Gasteiger partial charge on any atom is 0.135 e. The number of hydrogen-bond donors (Lipinski definition) is 2. The fraction of sp³-hybridized carbons (Fsp3) is 0. The number of halogens is 3. The highest BCUT2D eigenvalue weighted by Gasteiger charge is 2.11. The van der Waals surface area contributed by atoms with Crippen molar-refractivity contribution in [3.05, 3.63) is 57.3 Å².